The molecule has 0 aliphatic rings. The quantitative estimate of drug-likeness (QED) is 0.595. The molecule has 0 rings (SSSR count). The van der Waals surface area contributed by atoms with Crippen LogP contribution in [0.4, 0.5) is 0 Å². The lowest BCUT2D eigenvalue weighted by atomic mass is 9.94. The van der Waals surface area contributed by atoms with Gasteiger partial charge in [0.25, 0.3) is 0 Å². The summed E-state index contributed by atoms with van der Waals surface area (Å²) in [6.45, 7) is 7.04. The Balaban J connectivity index is 4.21. The first-order valence-electron chi connectivity index (χ1n) is 3.37. The number of carbonyl (C=O) groups excluding carboxylic acids is 1. The average Bonchev–Trinajstić information content (AvgIpc) is 1.88. The van der Waals surface area contributed by atoms with Gasteiger partial charge < -0.3 is 5.32 Å². The van der Waals surface area contributed by atoms with Crippen molar-refractivity contribution in [1.29, 1.82) is 0 Å². The second kappa shape index (κ2) is 3.52. The van der Waals surface area contributed by atoms with Crippen molar-refractivity contribution >= 4 is 5.78 Å². The SMILES string of the molecule is C=CCC(C)(NC)C(C)=O. The summed E-state index contributed by atoms with van der Waals surface area (Å²) in [4.78, 5) is 11.0. The molecule has 58 valence electrons. The summed E-state index contributed by atoms with van der Waals surface area (Å²) in [5, 5.41) is 2.96. The summed E-state index contributed by atoms with van der Waals surface area (Å²) in [5.41, 5.74) is -0.415. The van der Waals surface area contributed by atoms with Crippen molar-refractivity contribution in [3.63, 3.8) is 0 Å². The zero-order valence-corrected chi connectivity index (χ0v) is 6.90. The van der Waals surface area contributed by atoms with Crippen LogP contribution in [-0.2, 0) is 4.79 Å². The van der Waals surface area contributed by atoms with Crippen LogP contribution in [0.2, 0.25) is 0 Å². The van der Waals surface area contributed by atoms with Crippen LogP contribution in [0.1, 0.15) is 20.3 Å². The van der Waals surface area contributed by atoms with E-state index in [9.17, 15) is 4.79 Å². The van der Waals surface area contributed by atoms with E-state index < -0.39 is 5.54 Å². The maximum absolute atomic E-state index is 11.0. The largest absolute Gasteiger partial charge is 0.308 e. The summed E-state index contributed by atoms with van der Waals surface area (Å²) in [6, 6.07) is 0. The van der Waals surface area contributed by atoms with E-state index in [4.69, 9.17) is 0 Å². The van der Waals surface area contributed by atoms with E-state index in [1.54, 1.807) is 20.0 Å². The fourth-order valence-electron chi connectivity index (χ4n) is 0.710. The lowest BCUT2D eigenvalue weighted by molar-refractivity contribution is -0.122. The molecule has 0 spiro atoms. The van der Waals surface area contributed by atoms with Crippen LogP contribution >= 0.6 is 0 Å². The second-order valence-electron chi connectivity index (χ2n) is 2.63. The monoisotopic (exact) mass is 141 g/mol. The molecule has 0 saturated carbocycles. The molecule has 1 N–H and O–H groups in total. The number of hydrogen-bond donors (Lipinski definition) is 1. The topological polar surface area (TPSA) is 29.1 Å². The molecule has 0 amide bonds. The van der Waals surface area contributed by atoms with Crippen molar-refractivity contribution in [2.75, 3.05) is 7.05 Å². The third kappa shape index (κ3) is 1.95. The number of Topliss-reactive ketones (excluding diaryl/α,β-unsaturated/α-hetero) is 1. The molecule has 10 heavy (non-hydrogen) atoms. The normalized spacial score (nSPS) is 15.9. The second-order valence-corrected chi connectivity index (χ2v) is 2.63. The fraction of sp³-hybridized carbons (Fsp3) is 0.625. The number of nitrogens with one attached hydrogen (secondary N) is 1. The predicted molar refractivity (Wildman–Crippen MR) is 43.0 cm³/mol. The molecule has 2 heteroatoms. The Morgan fingerprint density at radius 3 is 2.40 bits per heavy atom. The van der Waals surface area contributed by atoms with Gasteiger partial charge >= 0.3 is 0 Å². The Hall–Kier alpha value is -0.630. The smallest absolute Gasteiger partial charge is 0.149 e. The van der Waals surface area contributed by atoms with E-state index in [2.05, 4.69) is 11.9 Å². The zero-order valence-electron chi connectivity index (χ0n) is 6.90. The summed E-state index contributed by atoms with van der Waals surface area (Å²) < 4.78 is 0. The van der Waals surface area contributed by atoms with Crippen LogP contribution in [-0.4, -0.2) is 18.4 Å². The highest BCUT2D eigenvalue weighted by Crippen LogP contribution is 2.09. The molecule has 0 aliphatic heterocycles. The van der Waals surface area contributed by atoms with Gasteiger partial charge in [0, 0.05) is 0 Å². The van der Waals surface area contributed by atoms with E-state index in [0.717, 1.165) is 0 Å². The minimum absolute atomic E-state index is 0.148. The van der Waals surface area contributed by atoms with E-state index in [-0.39, 0.29) is 5.78 Å². The standard InChI is InChI=1S/C8H15NO/c1-5-6-8(3,9-4)7(2)10/h5,9H,1,6H2,2-4H3. The van der Waals surface area contributed by atoms with Gasteiger partial charge in [0.15, 0.2) is 0 Å². The summed E-state index contributed by atoms with van der Waals surface area (Å²) in [7, 11) is 1.78. The molecule has 0 aromatic rings. The predicted octanol–water partition coefficient (Wildman–Crippen LogP) is 1.13. The van der Waals surface area contributed by atoms with Crippen molar-refractivity contribution in [3.05, 3.63) is 12.7 Å². The average molecular weight is 141 g/mol. The van der Waals surface area contributed by atoms with Crippen molar-refractivity contribution in [2.45, 2.75) is 25.8 Å². The van der Waals surface area contributed by atoms with Crippen LogP contribution in [0.15, 0.2) is 12.7 Å². The first-order chi connectivity index (χ1) is 4.56. The van der Waals surface area contributed by atoms with Crippen molar-refractivity contribution in [3.8, 4) is 0 Å². The van der Waals surface area contributed by atoms with Crippen LogP contribution in [0.3, 0.4) is 0 Å². The van der Waals surface area contributed by atoms with Gasteiger partial charge in [0.1, 0.15) is 5.78 Å². The van der Waals surface area contributed by atoms with E-state index >= 15 is 0 Å². The first-order valence-corrected chi connectivity index (χ1v) is 3.37. The lowest BCUT2D eigenvalue weighted by Crippen LogP contribution is -2.45. The van der Waals surface area contributed by atoms with Gasteiger partial charge in [0.05, 0.1) is 5.54 Å². The molecule has 0 aromatic carbocycles. The minimum Gasteiger partial charge on any atom is -0.308 e. The van der Waals surface area contributed by atoms with Crippen molar-refractivity contribution in [2.24, 2.45) is 0 Å². The van der Waals surface area contributed by atoms with Gasteiger partial charge in [-0.25, -0.2) is 0 Å². The molecular weight excluding hydrogens is 126 g/mol. The van der Waals surface area contributed by atoms with E-state index in [0.29, 0.717) is 6.42 Å². The van der Waals surface area contributed by atoms with Crippen LogP contribution in [0.25, 0.3) is 0 Å². The Labute approximate surface area is 62.3 Å². The lowest BCUT2D eigenvalue weighted by Gasteiger charge is -2.24. The maximum atomic E-state index is 11.0. The molecule has 0 aromatic heterocycles. The molecule has 1 atom stereocenters. The van der Waals surface area contributed by atoms with Gasteiger partial charge in [0.2, 0.25) is 0 Å². The minimum atomic E-state index is -0.415. The highest BCUT2D eigenvalue weighted by molar-refractivity contribution is 5.85. The van der Waals surface area contributed by atoms with Gasteiger partial charge in [-0.1, -0.05) is 6.08 Å². The molecule has 0 heterocycles. The van der Waals surface area contributed by atoms with E-state index in [1.165, 1.54) is 0 Å². The number of likely N-dealkylation sites (N-methyl/N-ethyl adjacent to an activating group) is 1. The maximum Gasteiger partial charge on any atom is 0.149 e. The van der Waals surface area contributed by atoms with Crippen LogP contribution in [0, 0.1) is 0 Å². The third-order valence-corrected chi connectivity index (χ3v) is 1.88. The highest BCUT2D eigenvalue weighted by atomic mass is 16.1. The summed E-state index contributed by atoms with van der Waals surface area (Å²) in [6.07, 6.45) is 2.43. The van der Waals surface area contributed by atoms with Crippen molar-refractivity contribution in [1.82, 2.24) is 5.32 Å². The Morgan fingerprint density at radius 2 is 2.30 bits per heavy atom. The van der Waals surface area contributed by atoms with Gasteiger partial charge in [-0.05, 0) is 27.3 Å². The third-order valence-electron chi connectivity index (χ3n) is 1.88. The Bertz CT molecular complexity index is 142. The van der Waals surface area contributed by atoms with Gasteiger partial charge in [-0.2, -0.15) is 0 Å². The number of carbonyl (C=O) groups is 1. The molecular formula is C8H15NO. The number of ketones is 1. The highest BCUT2D eigenvalue weighted by Gasteiger charge is 2.25. The fourth-order valence-corrected chi connectivity index (χ4v) is 0.710. The van der Waals surface area contributed by atoms with E-state index in [1.807, 2.05) is 6.92 Å². The summed E-state index contributed by atoms with van der Waals surface area (Å²) in [5.74, 6) is 0.148. The molecule has 0 fully saturated rings. The van der Waals surface area contributed by atoms with Crippen LogP contribution < -0.4 is 5.32 Å². The first kappa shape index (κ1) is 9.37. The molecule has 0 saturated heterocycles. The molecule has 1 unspecified atom stereocenters. The number of rotatable bonds is 4. The Kier molecular flexibility index (Phi) is 3.30. The van der Waals surface area contributed by atoms with Crippen molar-refractivity contribution < 1.29 is 4.79 Å². The number of hydrogen-bond acceptors (Lipinski definition) is 2. The zero-order chi connectivity index (χ0) is 8.20. The molecule has 2 nitrogen and oxygen atoms in total. The van der Waals surface area contributed by atoms with Gasteiger partial charge in [-0.15, -0.1) is 6.58 Å². The molecule has 0 aliphatic carbocycles. The molecule has 0 radical (unpaired) electrons. The Morgan fingerprint density at radius 1 is 1.80 bits per heavy atom. The molecule has 0 bridgehead atoms. The van der Waals surface area contributed by atoms with Crippen LogP contribution in [0.5, 0.6) is 0 Å². The summed E-state index contributed by atoms with van der Waals surface area (Å²) >= 11 is 0. The van der Waals surface area contributed by atoms with Gasteiger partial charge in [-0.3, -0.25) is 4.79 Å².